The third kappa shape index (κ3) is 4.36. The SMILES string of the molecule is COC(=O)[C@H](CC(C)C)NC(=O)N1CCc2[nH]cnc2[C@H]1c1ccccc1OC. The van der Waals surface area contributed by atoms with Crippen molar-refractivity contribution < 1.29 is 19.1 Å². The Morgan fingerprint density at radius 1 is 1.31 bits per heavy atom. The van der Waals surface area contributed by atoms with Crippen LogP contribution in [-0.4, -0.2) is 53.7 Å². The third-order valence-corrected chi connectivity index (χ3v) is 5.11. The van der Waals surface area contributed by atoms with Crippen LogP contribution in [0.4, 0.5) is 4.79 Å². The number of imidazole rings is 1. The van der Waals surface area contributed by atoms with Crippen molar-refractivity contribution in [2.75, 3.05) is 20.8 Å². The number of carbonyl (C=O) groups excluding carboxylic acids is 2. The van der Waals surface area contributed by atoms with Crippen molar-refractivity contribution in [1.29, 1.82) is 0 Å². The van der Waals surface area contributed by atoms with Gasteiger partial charge in [-0.1, -0.05) is 32.0 Å². The molecule has 156 valence electrons. The van der Waals surface area contributed by atoms with E-state index in [-0.39, 0.29) is 11.9 Å². The maximum Gasteiger partial charge on any atom is 0.328 e. The lowest BCUT2D eigenvalue weighted by molar-refractivity contribution is -0.143. The number of H-pyrrole nitrogens is 1. The number of hydrogen-bond donors (Lipinski definition) is 2. The fourth-order valence-corrected chi connectivity index (χ4v) is 3.76. The zero-order valence-electron chi connectivity index (χ0n) is 17.3. The smallest absolute Gasteiger partial charge is 0.328 e. The second-order valence-corrected chi connectivity index (χ2v) is 7.51. The van der Waals surface area contributed by atoms with Crippen molar-refractivity contribution in [2.45, 2.75) is 38.8 Å². The zero-order valence-corrected chi connectivity index (χ0v) is 17.3. The Labute approximate surface area is 170 Å². The van der Waals surface area contributed by atoms with E-state index in [4.69, 9.17) is 9.47 Å². The number of nitrogens with zero attached hydrogens (tertiary/aromatic N) is 2. The van der Waals surface area contributed by atoms with E-state index in [9.17, 15) is 9.59 Å². The molecule has 2 amide bonds. The Hall–Kier alpha value is -3.03. The normalized spacial score (nSPS) is 16.9. The van der Waals surface area contributed by atoms with E-state index in [0.717, 1.165) is 17.0 Å². The first-order chi connectivity index (χ1) is 14.0. The number of nitrogens with one attached hydrogen (secondary N) is 2. The van der Waals surface area contributed by atoms with Crippen LogP contribution in [0, 0.1) is 5.92 Å². The van der Waals surface area contributed by atoms with Gasteiger partial charge in [-0.2, -0.15) is 0 Å². The number of esters is 1. The minimum atomic E-state index is -0.702. The molecule has 2 heterocycles. The van der Waals surface area contributed by atoms with Crippen molar-refractivity contribution in [3.05, 3.63) is 47.5 Å². The molecule has 1 aromatic carbocycles. The number of aromatic amines is 1. The molecule has 8 heteroatoms. The molecule has 2 aromatic rings. The van der Waals surface area contributed by atoms with E-state index < -0.39 is 18.1 Å². The first-order valence-corrected chi connectivity index (χ1v) is 9.76. The average molecular weight is 400 g/mol. The lowest BCUT2D eigenvalue weighted by Gasteiger charge is -2.36. The topological polar surface area (TPSA) is 96.6 Å². The largest absolute Gasteiger partial charge is 0.496 e. The van der Waals surface area contributed by atoms with Crippen LogP contribution in [0.25, 0.3) is 0 Å². The van der Waals surface area contributed by atoms with Crippen LogP contribution in [0.5, 0.6) is 5.75 Å². The van der Waals surface area contributed by atoms with E-state index in [1.54, 1.807) is 18.3 Å². The van der Waals surface area contributed by atoms with Crippen LogP contribution < -0.4 is 10.1 Å². The number of amides is 2. The third-order valence-electron chi connectivity index (χ3n) is 5.11. The van der Waals surface area contributed by atoms with Gasteiger partial charge < -0.3 is 24.7 Å². The van der Waals surface area contributed by atoms with Gasteiger partial charge in [-0.05, 0) is 18.4 Å². The summed E-state index contributed by atoms with van der Waals surface area (Å²) in [6.45, 7) is 4.48. The molecule has 3 rings (SSSR count). The maximum absolute atomic E-state index is 13.3. The van der Waals surface area contributed by atoms with Crippen LogP contribution >= 0.6 is 0 Å². The number of aromatic nitrogens is 2. The lowest BCUT2D eigenvalue weighted by atomic mass is 9.95. The summed E-state index contributed by atoms with van der Waals surface area (Å²) in [4.78, 5) is 34.8. The van der Waals surface area contributed by atoms with Crippen molar-refractivity contribution in [3.8, 4) is 5.75 Å². The van der Waals surface area contributed by atoms with Crippen LogP contribution in [-0.2, 0) is 16.0 Å². The summed E-state index contributed by atoms with van der Waals surface area (Å²) in [5, 5.41) is 2.86. The first-order valence-electron chi connectivity index (χ1n) is 9.76. The number of hydrogen-bond acceptors (Lipinski definition) is 5. The fraction of sp³-hybridized carbons (Fsp3) is 0.476. The Balaban J connectivity index is 1.94. The molecule has 2 atom stereocenters. The molecule has 0 fully saturated rings. The molecule has 1 aliphatic heterocycles. The highest BCUT2D eigenvalue weighted by Gasteiger charge is 2.37. The molecule has 29 heavy (non-hydrogen) atoms. The molecule has 8 nitrogen and oxygen atoms in total. The summed E-state index contributed by atoms with van der Waals surface area (Å²) in [6.07, 6.45) is 2.80. The van der Waals surface area contributed by atoms with Gasteiger partial charge in [-0.15, -0.1) is 0 Å². The second kappa shape index (κ2) is 8.98. The number of methoxy groups -OCH3 is 2. The monoisotopic (exact) mass is 400 g/mol. The molecule has 0 unspecified atom stereocenters. The summed E-state index contributed by atoms with van der Waals surface area (Å²) < 4.78 is 10.4. The minimum absolute atomic E-state index is 0.226. The van der Waals surface area contributed by atoms with Gasteiger partial charge in [0.15, 0.2) is 0 Å². The molecule has 2 N–H and O–H groups in total. The molecule has 1 aromatic heterocycles. The highest BCUT2D eigenvalue weighted by molar-refractivity contribution is 5.84. The predicted molar refractivity (Wildman–Crippen MR) is 108 cm³/mol. The summed E-state index contributed by atoms with van der Waals surface area (Å²) in [5.74, 6) is 0.458. The highest BCUT2D eigenvalue weighted by atomic mass is 16.5. The van der Waals surface area contributed by atoms with Gasteiger partial charge in [0.1, 0.15) is 17.8 Å². The molecule has 0 saturated heterocycles. The second-order valence-electron chi connectivity index (χ2n) is 7.51. The summed E-state index contributed by atoms with van der Waals surface area (Å²) in [6, 6.07) is 6.14. The Morgan fingerprint density at radius 3 is 2.76 bits per heavy atom. The van der Waals surface area contributed by atoms with Crippen LogP contribution in [0.15, 0.2) is 30.6 Å². The molecular weight excluding hydrogens is 372 g/mol. The maximum atomic E-state index is 13.3. The molecule has 0 saturated carbocycles. The zero-order chi connectivity index (χ0) is 21.0. The van der Waals surface area contributed by atoms with Crippen LogP contribution in [0.3, 0.4) is 0 Å². The molecular formula is C21H28N4O4. The molecule has 1 aliphatic rings. The Kier molecular flexibility index (Phi) is 6.41. The van der Waals surface area contributed by atoms with Gasteiger partial charge in [0.2, 0.25) is 0 Å². The number of para-hydroxylation sites is 1. The molecule has 0 spiro atoms. The predicted octanol–water partition coefficient (Wildman–Crippen LogP) is 2.66. The molecule has 0 radical (unpaired) electrons. The average Bonchev–Trinajstić information content (AvgIpc) is 3.20. The van der Waals surface area contributed by atoms with Gasteiger partial charge in [-0.25, -0.2) is 14.6 Å². The number of carbonyl (C=O) groups is 2. The quantitative estimate of drug-likeness (QED) is 0.727. The van der Waals surface area contributed by atoms with Gasteiger partial charge in [0.05, 0.1) is 26.2 Å². The van der Waals surface area contributed by atoms with E-state index in [0.29, 0.717) is 25.1 Å². The number of ether oxygens (including phenoxy) is 2. The number of urea groups is 1. The van der Waals surface area contributed by atoms with Gasteiger partial charge in [-0.3, -0.25) is 0 Å². The van der Waals surface area contributed by atoms with E-state index in [1.807, 2.05) is 38.1 Å². The summed E-state index contributed by atoms with van der Waals surface area (Å²) >= 11 is 0. The summed E-state index contributed by atoms with van der Waals surface area (Å²) in [5.41, 5.74) is 2.63. The van der Waals surface area contributed by atoms with Crippen molar-refractivity contribution in [1.82, 2.24) is 20.2 Å². The van der Waals surface area contributed by atoms with E-state index in [2.05, 4.69) is 15.3 Å². The van der Waals surface area contributed by atoms with Crippen molar-refractivity contribution in [3.63, 3.8) is 0 Å². The number of benzene rings is 1. The first kappa shape index (κ1) is 20.7. The van der Waals surface area contributed by atoms with Crippen molar-refractivity contribution in [2.24, 2.45) is 5.92 Å². The Morgan fingerprint density at radius 2 is 2.07 bits per heavy atom. The van der Waals surface area contributed by atoms with Crippen LogP contribution in [0.1, 0.15) is 43.3 Å². The standard InChI is InChI=1S/C21H28N4O4/c1-13(2)11-16(20(26)29-4)24-21(27)25-10-9-15-18(23-12-22-15)19(25)14-7-5-6-8-17(14)28-3/h5-8,12-13,16,19H,9-11H2,1-4H3,(H,22,23)(H,24,27)/t16-,19+/m0/s1. The lowest BCUT2D eigenvalue weighted by Crippen LogP contribution is -2.51. The molecule has 0 bridgehead atoms. The van der Waals surface area contributed by atoms with Gasteiger partial charge >= 0.3 is 12.0 Å². The fourth-order valence-electron chi connectivity index (χ4n) is 3.76. The van der Waals surface area contributed by atoms with E-state index >= 15 is 0 Å². The van der Waals surface area contributed by atoms with Crippen molar-refractivity contribution >= 4 is 12.0 Å². The molecule has 0 aliphatic carbocycles. The number of fused-ring (bicyclic) bond motifs is 1. The van der Waals surface area contributed by atoms with E-state index in [1.165, 1.54) is 7.11 Å². The Bertz CT molecular complexity index is 864. The van der Waals surface area contributed by atoms with Gasteiger partial charge in [0.25, 0.3) is 0 Å². The highest BCUT2D eigenvalue weighted by Crippen LogP contribution is 2.37. The minimum Gasteiger partial charge on any atom is -0.496 e. The number of rotatable bonds is 6. The van der Waals surface area contributed by atoms with Crippen LogP contribution in [0.2, 0.25) is 0 Å². The van der Waals surface area contributed by atoms with Gasteiger partial charge in [0, 0.05) is 24.2 Å². The summed E-state index contributed by atoms with van der Waals surface area (Å²) in [7, 11) is 2.93.